The lowest BCUT2D eigenvalue weighted by Gasteiger charge is -2.34. The Hall–Kier alpha value is -2.60. The van der Waals surface area contributed by atoms with Gasteiger partial charge >= 0.3 is 5.97 Å². The number of carbonyl (C=O) groups excluding carboxylic acids is 1. The molecule has 3 rings (SSSR count). The van der Waals surface area contributed by atoms with Gasteiger partial charge < -0.3 is 18.8 Å². The van der Waals surface area contributed by atoms with Crippen molar-refractivity contribution in [1.29, 1.82) is 0 Å². The molecule has 6 heteroatoms. The van der Waals surface area contributed by atoms with Crippen LogP contribution >= 0.6 is 0 Å². The summed E-state index contributed by atoms with van der Waals surface area (Å²) in [6, 6.07) is 5.73. The molecule has 1 aromatic heterocycles. The molecule has 33 heavy (non-hydrogen) atoms. The Morgan fingerprint density at radius 3 is 2.52 bits per heavy atom. The Bertz CT molecular complexity index is 1040. The molecule has 180 valence electrons. The van der Waals surface area contributed by atoms with E-state index < -0.39 is 0 Å². The van der Waals surface area contributed by atoms with Crippen molar-refractivity contribution in [1.82, 2.24) is 4.57 Å². The summed E-state index contributed by atoms with van der Waals surface area (Å²) in [6.45, 7) is 11.3. The highest BCUT2D eigenvalue weighted by atomic mass is 16.5. The van der Waals surface area contributed by atoms with Crippen molar-refractivity contribution in [3.05, 3.63) is 51.3 Å². The van der Waals surface area contributed by atoms with E-state index in [0.717, 1.165) is 48.1 Å². The van der Waals surface area contributed by atoms with Crippen molar-refractivity contribution in [3.8, 4) is 17.0 Å². The van der Waals surface area contributed by atoms with Crippen LogP contribution in [0.1, 0.15) is 74.5 Å². The zero-order valence-corrected chi connectivity index (χ0v) is 20.8. The molecular formula is C27H37NO5. The second-order valence-electron chi connectivity index (χ2n) is 9.17. The smallest absolute Gasteiger partial charge is 0.342 e. The minimum Gasteiger partial charge on any atom is -0.493 e. The van der Waals surface area contributed by atoms with E-state index in [2.05, 4.69) is 18.4 Å². The third kappa shape index (κ3) is 5.49. The first-order chi connectivity index (χ1) is 15.8. The molecule has 0 aliphatic carbocycles. The van der Waals surface area contributed by atoms with Gasteiger partial charge in [0, 0.05) is 49.6 Å². The van der Waals surface area contributed by atoms with Gasteiger partial charge in [0.2, 0.25) is 0 Å². The van der Waals surface area contributed by atoms with Gasteiger partial charge in [-0.15, -0.1) is 0 Å². The molecule has 2 heterocycles. The minimum absolute atomic E-state index is 0.00217. The van der Waals surface area contributed by atoms with Gasteiger partial charge in [-0.25, -0.2) is 4.79 Å². The summed E-state index contributed by atoms with van der Waals surface area (Å²) in [5.41, 5.74) is 3.94. The van der Waals surface area contributed by atoms with Crippen molar-refractivity contribution in [2.45, 2.75) is 72.4 Å². The maximum atomic E-state index is 13.2. The SMILES string of the molecule is CCC(CC)OC(=O)c1cc2c(cc1OCCCOC)CC(C(C)C)n1cc(C)c(=O)cc1-2. The minimum atomic E-state index is -0.389. The lowest BCUT2D eigenvalue weighted by molar-refractivity contribution is 0.0280. The Labute approximate surface area is 196 Å². The highest BCUT2D eigenvalue weighted by molar-refractivity contribution is 5.95. The number of carbonyl (C=O) groups is 1. The van der Waals surface area contributed by atoms with Gasteiger partial charge in [0.1, 0.15) is 17.4 Å². The second kappa shape index (κ2) is 11.0. The van der Waals surface area contributed by atoms with Crippen LogP contribution in [0.25, 0.3) is 11.3 Å². The second-order valence-corrected chi connectivity index (χ2v) is 9.17. The number of aromatic nitrogens is 1. The predicted molar refractivity (Wildman–Crippen MR) is 130 cm³/mol. The van der Waals surface area contributed by atoms with Gasteiger partial charge in [0.05, 0.1) is 12.3 Å². The number of hydrogen-bond donors (Lipinski definition) is 0. The van der Waals surface area contributed by atoms with E-state index in [4.69, 9.17) is 14.2 Å². The van der Waals surface area contributed by atoms with Gasteiger partial charge in [-0.2, -0.15) is 0 Å². The summed E-state index contributed by atoms with van der Waals surface area (Å²) < 4.78 is 19.1. The van der Waals surface area contributed by atoms with Gasteiger partial charge in [0.25, 0.3) is 0 Å². The standard InChI is InChI=1S/C27H37NO5/c1-7-20(8-2)33-27(30)22-14-21-19(13-26(22)32-11-9-10-31-6)12-23(17(3)4)28-16-18(5)25(29)15-24(21)28/h13-17,20,23H,7-12H2,1-6H3. The van der Waals surface area contributed by atoms with Crippen molar-refractivity contribution in [2.75, 3.05) is 20.3 Å². The fourth-order valence-corrected chi connectivity index (χ4v) is 4.39. The number of benzene rings is 1. The quantitative estimate of drug-likeness (QED) is 0.357. The van der Waals surface area contributed by atoms with Gasteiger partial charge in [0.15, 0.2) is 5.43 Å². The average molecular weight is 456 g/mol. The molecule has 0 fully saturated rings. The molecule has 0 spiro atoms. The van der Waals surface area contributed by atoms with Gasteiger partial charge in [-0.05, 0) is 49.8 Å². The number of pyridine rings is 1. The van der Waals surface area contributed by atoms with E-state index >= 15 is 0 Å². The summed E-state index contributed by atoms with van der Waals surface area (Å²) in [4.78, 5) is 25.7. The normalized spacial score (nSPS) is 14.8. The number of rotatable bonds is 10. The number of fused-ring (bicyclic) bond motifs is 3. The van der Waals surface area contributed by atoms with Crippen LogP contribution < -0.4 is 10.2 Å². The summed E-state index contributed by atoms with van der Waals surface area (Å²) >= 11 is 0. The van der Waals surface area contributed by atoms with Crippen molar-refractivity contribution < 1.29 is 19.0 Å². The van der Waals surface area contributed by atoms with Crippen molar-refractivity contribution in [3.63, 3.8) is 0 Å². The van der Waals surface area contributed by atoms with Crippen LogP contribution in [-0.4, -0.2) is 37.0 Å². The lowest BCUT2D eigenvalue weighted by atomic mass is 9.86. The van der Waals surface area contributed by atoms with Crippen LogP contribution in [0.3, 0.4) is 0 Å². The number of hydrogen-bond acceptors (Lipinski definition) is 5. The number of nitrogens with zero attached hydrogens (tertiary/aromatic N) is 1. The maximum absolute atomic E-state index is 13.2. The Balaban J connectivity index is 2.11. The highest BCUT2D eigenvalue weighted by Crippen LogP contribution is 2.40. The van der Waals surface area contributed by atoms with Gasteiger partial charge in [-0.1, -0.05) is 27.7 Å². The van der Waals surface area contributed by atoms with Crippen LogP contribution in [-0.2, 0) is 15.9 Å². The fourth-order valence-electron chi connectivity index (χ4n) is 4.39. The van der Waals surface area contributed by atoms with Crippen LogP contribution in [0.2, 0.25) is 0 Å². The zero-order chi connectivity index (χ0) is 24.1. The maximum Gasteiger partial charge on any atom is 0.342 e. The highest BCUT2D eigenvalue weighted by Gasteiger charge is 2.29. The molecule has 1 aromatic carbocycles. The number of aryl methyl sites for hydroxylation is 1. The third-order valence-corrected chi connectivity index (χ3v) is 6.46. The molecule has 0 saturated carbocycles. The van der Waals surface area contributed by atoms with E-state index in [0.29, 0.717) is 30.4 Å². The molecule has 1 aliphatic heterocycles. The molecule has 1 aliphatic rings. The molecule has 2 aromatic rings. The molecule has 6 nitrogen and oxygen atoms in total. The summed E-state index contributed by atoms with van der Waals surface area (Å²) in [5.74, 6) is 0.524. The molecule has 1 atom stereocenters. The number of ether oxygens (including phenoxy) is 3. The first kappa shape index (κ1) is 25.0. The summed E-state index contributed by atoms with van der Waals surface area (Å²) in [5, 5.41) is 0. The largest absolute Gasteiger partial charge is 0.493 e. The molecule has 0 amide bonds. The van der Waals surface area contributed by atoms with Crippen LogP contribution in [0.4, 0.5) is 0 Å². The molecule has 0 N–H and O–H groups in total. The van der Waals surface area contributed by atoms with E-state index in [9.17, 15) is 9.59 Å². The van der Waals surface area contributed by atoms with Crippen molar-refractivity contribution >= 4 is 5.97 Å². The fraction of sp³-hybridized carbons (Fsp3) is 0.556. The summed E-state index contributed by atoms with van der Waals surface area (Å²) in [6.07, 6.45) is 4.84. The first-order valence-corrected chi connectivity index (χ1v) is 12.0. The van der Waals surface area contributed by atoms with Crippen LogP contribution in [0, 0.1) is 12.8 Å². The Morgan fingerprint density at radius 1 is 1.15 bits per heavy atom. The molecule has 1 unspecified atom stereocenters. The van der Waals surface area contributed by atoms with E-state index in [1.54, 1.807) is 13.2 Å². The lowest BCUT2D eigenvalue weighted by Crippen LogP contribution is -2.27. The van der Waals surface area contributed by atoms with Crippen LogP contribution in [0.5, 0.6) is 5.75 Å². The Morgan fingerprint density at radius 2 is 1.88 bits per heavy atom. The van der Waals surface area contributed by atoms with Crippen LogP contribution in [0.15, 0.2) is 29.2 Å². The number of methoxy groups -OCH3 is 1. The molecular weight excluding hydrogens is 418 g/mol. The van der Waals surface area contributed by atoms with Gasteiger partial charge in [-0.3, -0.25) is 4.79 Å². The molecule has 0 radical (unpaired) electrons. The first-order valence-electron chi connectivity index (χ1n) is 12.0. The monoisotopic (exact) mass is 455 g/mol. The molecule has 0 saturated heterocycles. The van der Waals surface area contributed by atoms with E-state index in [1.807, 2.05) is 39.1 Å². The Kier molecular flexibility index (Phi) is 8.35. The third-order valence-electron chi connectivity index (χ3n) is 6.46. The molecule has 0 bridgehead atoms. The zero-order valence-electron chi connectivity index (χ0n) is 20.8. The topological polar surface area (TPSA) is 66.8 Å². The predicted octanol–water partition coefficient (Wildman–Crippen LogP) is 5.34. The van der Waals surface area contributed by atoms with E-state index in [1.165, 1.54) is 0 Å². The average Bonchev–Trinajstić information content (AvgIpc) is 2.79. The number of esters is 1. The van der Waals surface area contributed by atoms with Crippen molar-refractivity contribution in [2.24, 2.45) is 5.92 Å². The van der Waals surface area contributed by atoms with E-state index in [-0.39, 0.29) is 23.5 Å². The summed E-state index contributed by atoms with van der Waals surface area (Å²) in [7, 11) is 1.66.